The molecule has 16 heavy (non-hydrogen) atoms. The molecule has 1 nitrogen and oxygen atoms in total. The predicted octanol–water partition coefficient (Wildman–Crippen LogP) is 2.97. The van der Waals surface area contributed by atoms with Gasteiger partial charge in [-0.15, -0.1) is 0 Å². The van der Waals surface area contributed by atoms with Crippen molar-refractivity contribution in [1.29, 1.82) is 0 Å². The minimum atomic E-state index is 1.05. The molecule has 2 heterocycles. The molecule has 0 amide bonds. The van der Waals surface area contributed by atoms with Crippen LogP contribution < -0.4 is 0 Å². The van der Waals surface area contributed by atoms with E-state index in [-0.39, 0.29) is 0 Å². The summed E-state index contributed by atoms with van der Waals surface area (Å²) in [5, 5.41) is 0. The molecule has 1 heteroatoms. The van der Waals surface area contributed by atoms with Crippen LogP contribution >= 0.6 is 0 Å². The maximum Gasteiger partial charge on any atom is 0.0410 e. The highest BCUT2D eigenvalue weighted by Gasteiger charge is 2.04. The normalized spacial score (nSPS) is 14.5. The molecule has 1 aromatic carbocycles. The van der Waals surface area contributed by atoms with E-state index in [9.17, 15) is 0 Å². The van der Waals surface area contributed by atoms with Gasteiger partial charge < -0.3 is 0 Å². The zero-order chi connectivity index (χ0) is 10.8. The van der Waals surface area contributed by atoms with Crippen LogP contribution in [0.3, 0.4) is 0 Å². The van der Waals surface area contributed by atoms with Crippen LogP contribution in [0.25, 0.3) is 0 Å². The zero-order valence-electron chi connectivity index (χ0n) is 9.32. The SMILES string of the molecule is c1cc2cc(c1)CCc1cccc(n1)CC2. The molecular weight excluding hydrogens is 194 g/mol. The average Bonchev–Trinajstić information content (AvgIpc) is 2.34. The Balaban J connectivity index is 1.98. The highest BCUT2D eigenvalue weighted by Crippen LogP contribution is 2.14. The van der Waals surface area contributed by atoms with Gasteiger partial charge in [-0.25, -0.2) is 0 Å². The first-order valence-corrected chi connectivity index (χ1v) is 5.93. The molecule has 2 aromatic rings. The fourth-order valence-corrected chi connectivity index (χ4v) is 2.29. The van der Waals surface area contributed by atoms with Crippen molar-refractivity contribution < 1.29 is 0 Å². The van der Waals surface area contributed by atoms with E-state index in [0.717, 1.165) is 25.7 Å². The zero-order valence-corrected chi connectivity index (χ0v) is 9.32. The van der Waals surface area contributed by atoms with Crippen LogP contribution in [0.4, 0.5) is 0 Å². The fraction of sp³-hybridized carbons (Fsp3) is 0.267. The van der Waals surface area contributed by atoms with Crippen molar-refractivity contribution in [2.75, 3.05) is 0 Å². The number of aromatic nitrogens is 1. The van der Waals surface area contributed by atoms with E-state index >= 15 is 0 Å². The van der Waals surface area contributed by atoms with E-state index in [1.807, 2.05) is 0 Å². The lowest BCUT2D eigenvalue weighted by Gasteiger charge is -2.09. The van der Waals surface area contributed by atoms with E-state index in [2.05, 4.69) is 47.4 Å². The first-order valence-electron chi connectivity index (χ1n) is 5.93. The lowest BCUT2D eigenvalue weighted by atomic mass is 10.00. The standard InChI is InChI=1S/C15H15N/c1-3-12-7-9-14-5-2-6-15(16-14)10-8-13(4-1)11-12/h1-6,11H,7-10H2. The van der Waals surface area contributed by atoms with Crippen LogP contribution in [0.15, 0.2) is 42.5 Å². The van der Waals surface area contributed by atoms with Crippen molar-refractivity contribution in [3.63, 3.8) is 0 Å². The summed E-state index contributed by atoms with van der Waals surface area (Å²) < 4.78 is 0. The number of hydrogen-bond acceptors (Lipinski definition) is 1. The second-order valence-corrected chi connectivity index (χ2v) is 4.44. The minimum absolute atomic E-state index is 1.05. The first-order chi connectivity index (χ1) is 7.90. The van der Waals surface area contributed by atoms with Crippen molar-refractivity contribution >= 4 is 0 Å². The van der Waals surface area contributed by atoms with Crippen molar-refractivity contribution in [3.8, 4) is 0 Å². The van der Waals surface area contributed by atoms with Crippen LogP contribution in [0.5, 0.6) is 0 Å². The summed E-state index contributed by atoms with van der Waals surface area (Å²) in [6.07, 6.45) is 4.31. The van der Waals surface area contributed by atoms with Gasteiger partial charge in [-0.05, 0) is 48.9 Å². The fourth-order valence-electron chi connectivity index (χ4n) is 2.29. The van der Waals surface area contributed by atoms with Gasteiger partial charge in [0.15, 0.2) is 0 Å². The van der Waals surface area contributed by atoms with Gasteiger partial charge in [-0.3, -0.25) is 4.98 Å². The molecule has 1 aliphatic rings. The third-order valence-electron chi connectivity index (χ3n) is 3.20. The van der Waals surface area contributed by atoms with Gasteiger partial charge in [0.05, 0.1) is 0 Å². The Morgan fingerprint density at radius 2 is 1.25 bits per heavy atom. The van der Waals surface area contributed by atoms with Crippen LogP contribution in [-0.4, -0.2) is 4.98 Å². The molecule has 0 fully saturated rings. The van der Waals surface area contributed by atoms with Crippen molar-refractivity contribution in [1.82, 2.24) is 4.98 Å². The number of benzene rings is 1. The van der Waals surface area contributed by atoms with Gasteiger partial charge in [-0.1, -0.05) is 30.3 Å². The highest BCUT2D eigenvalue weighted by molar-refractivity contribution is 5.26. The number of aryl methyl sites for hydroxylation is 4. The highest BCUT2D eigenvalue weighted by atomic mass is 14.7. The van der Waals surface area contributed by atoms with Gasteiger partial charge in [0.1, 0.15) is 0 Å². The monoisotopic (exact) mass is 209 g/mol. The maximum absolute atomic E-state index is 4.68. The number of nitrogens with zero attached hydrogens (tertiary/aromatic N) is 1. The Morgan fingerprint density at radius 1 is 0.688 bits per heavy atom. The lowest BCUT2D eigenvalue weighted by molar-refractivity contribution is 0.839. The average molecular weight is 209 g/mol. The smallest absolute Gasteiger partial charge is 0.0410 e. The van der Waals surface area contributed by atoms with Gasteiger partial charge >= 0.3 is 0 Å². The van der Waals surface area contributed by atoms with E-state index < -0.39 is 0 Å². The van der Waals surface area contributed by atoms with Crippen molar-refractivity contribution in [3.05, 3.63) is 65.0 Å². The molecule has 0 aliphatic carbocycles. The Kier molecular flexibility index (Phi) is 2.45. The van der Waals surface area contributed by atoms with Crippen LogP contribution in [0.2, 0.25) is 0 Å². The molecule has 0 spiro atoms. The topological polar surface area (TPSA) is 12.9 Å². The summed E-state index contributed by atoms with van der Waals surface area (Å²) in [4.78, 5) is 4.68. The van der Waals surface area contributed by atoms with Gasteiger partial charge in [-0.2, -0.15) is 0 Å². The number of hydrogen-bond donors (Lipinski definition) is 0. The van der Waals surface area contributed by atoms with Crippen molar-refractivity contribution in [2.45, 2.75) is 25.7 Å². The van der Waals surface area contributed by atoms with Gasteiger partial charge in [0.2, 0.25) is 0 Å². The third kappa shape index (κ3) is 1.99. The second-order valence-electron chi connectivity index (χ2n) is 4.44. The quantitative estimate of drug-likeness (QED) is 0.650. The molecule has 1 aromatic heterocycles. The molecule has 0 saturated carbocycles. The summed E-state index contributed by atoms with van der Waals surface area (Å²) in [6, 6.07) is 15.3. The first kappa shape index (κ1) is 9.59. The van der Waals surface area contributed by atoms with E-state index in [0.29, 0.717) is 0 Å². The predicted molar refractivity (Wildman–Crippen MR) is 65.5 cm³/mol. The molecule has 3 rings (SSSR count). The van der Waals surface area contributed by atoms with Gasteiger partial charge in [0, 0.05) is 11.4 Å². The second kappa shape index (κ2) is 4.09. The Labute approximate surface area is 96.2 Å². The molecular formula is C15H15N. The number of rotatable bonds is 0. The van der Waals surface area contributed by atoms with Crippen molar-refractivity contribution in [2.24, 2.45) is 0 Å². The Morgan fingerprint density at radius 3 is 1.88 bits per heavy atom. The third-order valence-corrected chi connectivity index (χ3v) is 3.20. The van der Waals surface area contributed by atoms with Crippen LogP contribution in [-0.2, 0) is 25.7 Å². The summed E-state index contributed by atoms with van der Waals surface area (Å²) in [6.45, 7) is 0. The molecule has 0 N–H and O–H groups in total. The number of pyridine rings is 1. The molecule has 4 bridgehead atoms. The summed E-state index contributed by atoms with van der Waals surface area (Å²) in [5.74, 6) is 0. The molecule has 1 aliphatic heterocycles. The molecule has 0 radical (unpaired) electrons. The van der Waals surface area contributed by atoms with E-state index in [1.165, 1.54) is 22.5 Å². The van der Waals surface area contributed by atoms with Crippen LogP contribution in [0, 0.1) is 0 Å². The van der Waals surface area contributed by atoms with E-state index in [1.54, 1.807) is 0 Å². The summed E-state index contributed by atoms with van der Waals surface area (Å²) in [5.41, 5.74) is 5.33. The van der Waals surface area contributed by atoms with E-state index in [4.69, 9.17) is 0 Å². The van der Waals surface area contributed by atoms with Gasteiger partial charge in [0.25, 0.3) is 0 Å². The lowest BCUT2D eigenvalue weighted by Crippen LogP contribution is -2.02. The molecule has 0 saturated heterocycles. The summed E-state index contributed by atoms with van der Waals surface area (Å²) in [7, 11) is 0. The molecule has 0 atom stereocenters. The summed E-state index contributed by atoms with van der Waals surface area (Å²) >= 11 is 0. The minimum Gasteiger partial charge on any atom is -0.258 e. The Bertz CT molecular complexity index is 416. The largest absolute Gasteiger partial charge is 0.258 e. The number of fused-ring (bicyclic) bond motifs is 4. The maximum atomic E-state index is 4.68. The van der Waals surface area contributed by atoms with Crippen LogP contribution in [0.1, 0.15) is 22.5 Å². The molecule has 0 unspecified atom stereocenters. The Hall–Kier alpha value is -1.63. The molecule has 80 valence electrons.